The van der Waals surface area contributed by atoms with Gasteiger partial charge < -0.3 is 5.11 Å². The number of rotatable bonds is 6. The predicted octanol–water partition coefficient (Wildman–Crippen LogP) is -0.0605. The monoisotopic (exact) mass is 313 g/mol. The Morgan fingerprint density at radius 3 is 2.81 bits per heavy atom. The van der Waals surface area contributed by atoms with Gasteiger partial charge in [-0.1, -0.05) is 0 Å². The van der Waals surface area contributed by atoms with E-state index >= 15 is 0 Å². The van der Waals surface area contributed by atoms with Gasteiger partial charge in [0.05, 0.1) is 9.82 Å². The van der Waals surface area contributed by atoms with E-state index in [9.17, 15) is 23.6 Å². The zero-order valence-corrected chi connectivity index (χ0v) is 11.4. The molecular formula is C10H11N5O5S. The molecule has 11 heteroatoms. The molecule has 0 aliphatic heterocycles. The van der Waals surface area contributed by atoms with Gasteiger partial charge in [-0.25, -0.2) is 18.1 Å². The SMILES string of the molecule is O=[N+]([O-])c1cc(S(=O)(=O)NCCc2ncn[nH]2)ccc1O. The zero-order chi connectivity index (χ0) is 15.5. The topological polar surface area (TPSA) is 151 Å². The van der Waals surface area contributed by atoms with E-state index < -0.39 is 26.4 Å². The fraction of sp³-hybridized carbons (Fsp3) is 0.200. The molecule has 0 fully saturated rings. The van der Waals surface area contributed by atoms with E-state index in [4.69, 9.17) is 0 Å². The molecule has 0 spiro atoms. The number of hydrogen-bond donors (Lipinski definition) is 3. The molecule has 0 bridgehead atoms. The number of nitrogens with one attached hydrogen (secondary N) is 2. The highest BCUT2D eigenvalue weighted by atomic mass is 32.2. The van der Waals surface area contributed by atoms with Gasteiger partial charge in [-0.15, -0.1) is 0 Å². The third kappa shape index (κ3) is 3.52. The first kappa shape index (κ1) is 14.9. The van der Waals surface area contributed by atoms with Crippen LogP contribution in [0.1, 0.15) is 5.82 Å². The quantitative estimate of drug-likeness (QED) is 0.499. The minimum absolute atomic E-state index is 0.0478. The van der Waals surface area contributed by atoms with Crippen LogP contribution in [0.2, 0.25) is 0 Å². The second-order valence-corrected chi connectivity index (χ2v) is 5.75. The number of aromatic nitrogens is 3. The minimum atomic E-state index is -3.91. The molecule has 1 heterocycles. The van der Waals surface area contributed by atoms with Crippen LogP contribution in [0.4, 0.5) is 5.69 Å². The Morgan fingerprint density at radius 2 is 2.19 bits per heavy atom. The summed E-state index contributed by atoms with van der Waals surface area (Å²) < 4.78 is 26.2. The van der Waals surface area contributed by atoms with Crippen molar-refractivity contribution in [2.45, 2.75) is 11.3 Å². The van der Waals surface area contributed by atoms with Gasteiger partial charge in [0, 0.05) is 19.0 Å². The predicted molar refractivity (Wildman–Crippen MR) is 70.0 cm³/mol. The van der Waals surface area contributed by atoms with Crippen LogP contribution in [0.15, 0.2) is 29.4 Å². The smallest absolute Gasteiger partial charge is 0.312 e. The number of phenols is 1. The van der Waals surface area contributed by atoms with E-state index in [1.54, 1.807) is 0 Å². The second-order valence-electron chi connectivity index (χ2n) is 3.99. The van der Waals surface area contributed by atoms with Crippen molar-refractivity contribution in [1.82, 2.24) is 19.9 Å². The molecule has 112 valence electrons. The zero-order valence-electron chi connectivity index (χ0n) is 10.6. The number of benzene rings is 1. The van der Waals surface area contributed by atoms with Gasteiger partial charge in [0.1, 0.15) is 12.2 Å². The number of nitro groups is 1. The molecule has 1 aromatic carbocycles. The lowest BCUT2D eigenvalue weighted by atomic mass is 10.3. The highest BCUT2D eigenvalue weighted by Gasteiger charge is 2.20. The van der Waals surface area contributed by atoms with E-state index in [1.807, 2.05) is 0 Å². The highest BCUT2D eigenvalue weighted by Crippen LogP contribution is 2.27. The van der Waals surface area contributed by atoms with Crippen molar-refractivity contribution in [2.75, 3.05) is 6.54 Å². The summed E-state index contributed by atoms with van der Waals surface area (Å²) in [6.07, 6.45) is 1.59. The Labute approximate surface area is 119 Å². The largest absolute Gasteiger partial charge is 0.502 e. The molecule has 0 saturated carbocycles. The fourth-order valence-corrected chi connectivity index (χ4v) is 2.61. The van der Waals surface area contributed by atoms with Crippen molar-refractivity contribution in [3.8, 4) is 5.75 Å². The summed E-state index contributed by atoms with van der Waals surface area (Å²) in [5, 5.41) is 26.2. The van der Waals surface area contributed by atoms with Crippen molar-refractivity contribution >= 4 is 15.7 Å². The lowest BCUT2D eigenvalue weighted by molar-refractivity contribution is -0.386. The lowest BCUT2D eigenvalue weighted by Gasteiger charge is -2.06. The van der Waals surface area contributed by atoms with Crippen LogP contribution in [0, 0.1) is 10.1 Å². The molecule has 0 amide bonds. The first-order valence-corrected chi connectivity index (χ1v) is 7.20. The van der Waals surface area contributed by atoms with Crippen molar-refractivity contribution < 1.29 is 18.4 Å². The van der Waals surface area contributed by atoms with E-state index in [1.165, 1.54) is 6.33 Å². The Morgan fingerprint density at radius 1 is 1.43 bits per heavy atom. The summed E-state index contributed by atoms with van der Waals surface area (Å²) in [7, 11) is -3.91. The summed E-state index contributed by atoms with van der Waals surface area (Å²) in [5.74, 6) is -0.0880. The molecule has 21 heavy (non-hydrogen) atoms. The second kappa shape index (κ2) is 5.85. The molecule has 0 saturated heterocycles. The minimum Gasteiger partial charge on any atom is -0.502 e. The lowest BCUT2D eigenvalue weighted by Crippen LogP contribution is -2.26. The third-order valence-corrected chi connectivity index (χ3v) is 4.03. The molecule has 3 N–H and O–H groups in total. The normalized spacial score (nSPS) is 11.4. The summed E-state index contributed by atoms with van der Waals surface area (Å²) >= 11 is 0. The van der Waals surface area contributed by atoms with Crippen LogP contribution in [0.25, 0.3) is 0 Å². The molecule has 1 aromatic heterocycles. The summed E-state index contributed by atoms with van der Waals surface area (Å²) in [4.78, 5) is 13.4. The molecule has 0 unspecified atom stereocenters. The van der Waals surface area contributed by atoms with E-state index in [0.29, 0.717) is 12.2 Å². The summed E-state index contributed by atoms with van der Waals surface area (Å²) in [6.45, 7) is 0.0478. The molecule has 0 aliphatic carbocycles. The molecular weight excluding hydrogens is 302 g/mol. The van der Waals surface area contributed by atoms with Crippen LogP contribution in [0.3, 0.4) is 0 Å². The summed E-state index contributed by atoms with van der Waals surface area (Å²) in [5.41, 5.74) is -0.673. The van der Waals surface area contributed by atoms with Gasteiger partial charge >= 0.3 is 5.69 Å². The van der Waals surface area contributed by atoms with Crippen LogP contribution in [0.5, 0.6) is 5.75 Å². The molecule has 0 aliphatic rings. The number of H-pyrrole nitrogens is 1. The summed E-state index contributed by atoms with van der Waals surface area (Å²) in [6, 6.07) is 2.84. The number of sulfonamides is 1. The number of nitrogens with zero attached hydrogens (tertiary/aromatic N) is 3. The third-order valence-electron chi connectivity index (χ3n) is 2.57. The van der Waals surface area contributed by atoms with Crippen molar-refractivity contribution in [3.05, 3.63) is 40.5 Å². The van der Waals surface area contributed by atoms with Crippen molar-refractivity contribution in [2.24, 2.45) is 0 Å². The molecule has 0 radical (unpaired) electrons. The Bertz CT molecular complexity index is 743. The average Bonchev–Trinajstić information content (AvgIpc) is 2.91. The standard InChI is InChI=1S/C10H11N5O5S/c16-9-2-1-7(5-8(9)15(17)18)21(19,20)13-4-3-10-11-6-12-14-10/h1-2,5-6,13,16H,3-4H2,(H,11,12,14). The van der Waals surface area contributed by atoms with Crippen LogP contribution in [-0.4, -0.2) is 40.2 Å². The maximum absolute atomic E-state index is 12.0. The van der Waals surface area contributed by atoms with Crippen LogP contribution in [-0.2, 0) is 16.4 Å². The number of aromatic amines is 1. The first-order chi connectivity index (χ1) is 9.90. The van der Waals surface area contributed by atoms with Gasteiger partial charge in [0.15, 0.2) is 5.75 Å². The van der Waals surface area contributed by atoms with E-state index in [-0.39, 0.29) is 11.4 Å². The average molecular weight is 313 g/mol. The first-order valence-electron chi connectivity index (χ1n) is 5.71. The maximum atomic E-state index is 12.0. The Balaban J connectivity index is 2.12. The Hall–Kier alpha value is -2.53. The van der Waals surface area contributed by atoms with Gasteiger partial charge in [0.2, 0.25) is 10.0 Å². The maximum Gasteiger partial charge on any atom is 0.312 e. The number of aromatic hydroxyl groups is 1. The molecule has 10 nitrogen and oxygen atoms in total. The van der Waals surface area contributed by atoms with Crippen molar-refractivity contribution in [1.29, 1.82) is 0 Å². The van der Waals surface area contributed by atoms with Crippen molar-refractivity contribution in [3.63, 3.8) is 0 Å². The number of hydrogen-bond acceptors (Lipinski definition) is 7. The fourth-order valence-electron chi connectivity index (χ4n) is 1.56. The highest BCUT2D eigenvalue weighted by molar-refractivity contribution is 7.89. The van der Waals surface area contributed by atoms with Gasteiger partial charge in [-0.3, -0.25) is 15.2 Å². The van der Waals surface area contributed by atoms with E-state index in [2.05, 4.69) is 19.9 Å². The van der Waals surface area contributed by atoms with Gasteiger partial charge in [0.25, 0.3) is 0 Å². The van der Waals surface area contributed by atoms with Crippen LogP contribution >= 0.6 is 0 Å². The molecule has 2 aromatic rings. The van der Waals surface area contributed by atoms with Gasteiger partial charge in [-0.2, -0.15) is 5.10 Å². The number of nitro benzene ring substituents is 1. The van der Waals surface area contributed by atoms with E-state index in [0.717, 1.165) is 18.2 Å². The Kier molecular flexibility index (Phi) is 4.14. The van der Waals surface area contributed by atoms with Crippen LogP contribution < -0.4 is 4.72 Å². The van der Waals surface area contributed by atoms with Gasteiger partial charge in [-0.05, 0) is 12.1 Å². The molecule has 0 atom stereocenters. The number of phenolic OH excluding ortho intramolecular Hbond substituents is 1. The molecule has 2 rings (SSSR count).